The Morgan fingerprint density at radius 2 is 1.91 bits per heavy atom. The SMILES string of the molecule is NC(=NCc1cccc(OC(F)(F)F)c1)N=C(N)N1CC=CC1. The van der Waals surface area contributed by atoms with E-state index in [0.29, 0.717) is 18.7 Å². The van der Waals surface area contributed by atoms with Gasteiger partial charge in [0.05, 0.1) is 6.54 Å². The molecule has 1 heterocycles. The molecule has 1 aliphatic heterocycles. The number of hydrogen-bond donors (Lipinski definition) is 2. The van der Waals surface area contributed by atoms with E-state index in [1.54, 1.807) is 11.0 Å². The Hall–Kier alpha value is -2.71. The summed E-state index contributed by atoms with van der Waals surface area (Å²) in [5.41, 5.74) is 11.9. The number of ether oxygens (including phenoxy) is 1. The highest BCUT2D eigenvalue weighted by Crippen LogP contribution is 2.23. The lowest BCUT2D eigenvalue weighted by Crippen LogP contribution is -2.36. The van der Waals surface area contributed by atoms with E-state index >= 15 is 0 Å². The van der Waals surface area contributed by atoms with Crippen molar-refractivity contribution in [3.8, 4) is 5.75 Å². The summed E-state index contributed by atoms with van der Waals surface area (Å²) in [5.74, 6) is -0.114. The molecule has 4 N–H and O–H groups in total. The summed E-state index contributed by atoms with van der Waals surface area (Å²) in [6.07, 6.45) is -0.840. The Bertz CT molecular complexity index is 632. The van der Waals surface area contributed by atoms with Crippen LogP contribution in [0.4, 0.5) is 13.2 Å². The molecule has 0 fully saturated rings. The van der Waals surface area contributed by atoms with Crippen molar-refractivity contribution in [1.82, 2.24) is 4.90 Å². The van der Waals surface area contributed by atoms with Crippen LogP contribution >= 0.6 is 0 Å². The molecular weight excluding hydrogens is 311 g/mol. The number of guanidine groups is 2. The molecule has 6 nitrogen and oxygen atoms in total. The van der Waals surface area contributed by atoms with Crippen molar-refractivity contribution in [2.24, 2.45) is 21.5 Å². The van der Waals surface area contributed by atoms with Crippen molar-refractivity contribution >= 4 is 11.9 Å². The molecule has 0 atom stereocenters. The van der Waals surface area contributed by atoms with Crippen LogP contribution in [-0.4, -0.2) is 36.3 Å². The second-order valence-electron chi connectivity index (χ2n) is 4.72. The molecule has 2 rings (SSSR count). The number of nitrogens with zero attached hydrogens (tertiary/aromatic N) is 3. The lowest BCUT2D eigenvalue weighted by molar-refractivity contribution is -0.274. The van der Waals surface area contributed by atoms with Crippen LogP contribution in [0.5, 0.6) is 5.75 Å². The van der Waals surface area contributed by atoms with Gasteiger partial charge in [0.1, 0.15) is 5.75 Å². The maximum absolute atomic E-state index is 12.2. The predicted octanol–water partition coefficient (Wildman–Crippen LogP) is 1.59. The third-order valence-electron chi connectivity index (χ3n) is 2.93. The van der Waals surface area contributed by atoms with E-state index in [1.165, 1.54) is 18.2 Å². The van der Waals surface area contributed by atoms with Gasteiger partial charge in [-0.2, -0.15) is 4.99 Å². The summed E-state index contributed by atoms with van der Waals surface area (Å²) >= 11 is 0. The quantitative estimate of drug-likeness (QED) is 0.501. The fraction of sp³-hybridized carbons (Fsp3) is 0.286. The first-order valence-corrected chi connectivity index (χ1v) is 6.72. The lowest BCUT2D eigenvalue weighted by Gasteiger charge is -2.15. The maximum Gasteiger partial charge on any atom is 0.573 e. The van der Waals surface area contributed by atoms with Crippen LogP contribution in [-0.2, 0) is 6.54 Å². The van der Waals surface area contributed by atoms with Crippen molar-refractivity contribution in [2.75, 3.05) is 13.1 Å². The zero-order valence-corrected chi connectivity index (χ0v) is 12.1. The number of halogens is 3. The van der Waals surface area contributed by atoms with Gasteiger partial charge in [-0.05, 0) is 17.7 Å². The van der Waals surface area contributed by atoms with Crippen LogP contribution in [0, 0.1) is 0 Å². The minimum Gasteiger partial charge on any atom is -0.406 e. The van der Waals surface area contributed by atoms with Crippen molar-refractivity contribution in [2.45, 2.75) is 12.9 Å². The first kappa shape index (κ1) is 16.7. The number of alkyl halides is 3. The smallest absolute Gasteiger partial charge is 0.406 e. The average molecular weight is 327 g/mol. The highest BCUT2D eigenvalue weighted by atomic mass is 19.4. The highest BCUT2D eigenvalue weighted by molar-refractivity contribution is 5.93. The minimum atomic E-state index is -4.73. The number of benzene rings is 1. The van der Waals surface area contributed by atoms with Crippen LogP contribution in [0.15, 0.2) is 46.4 Å². The van der Waals surface area contributed by atoms with E-state index in [4.69, 9.17) is 11.5 Å². The summed E-state index contributed by atoms with van der Waals surface area (Å²) < 4.78 is 40.3. The van der Waals surface area contributed by atoms with Crippen molar-refractivity contribution in [1.29, 1.82) is 0 Å². The summed E-state index contributed by atoms with van der Waals surface area (Å²) in [4.78, 5) is 9.73. The van der Waals surface area contributed by atoms with Crippen molar-refractivity contribution in [3.05, 3.63) is 42.0 Å². The van der Waals surface area contributed by atoms with E-state index in [9.17, 15) is 13.2 Å². The molecule has 0 bridgehead atoms. The number of nitrogens with two attached hydrogens (primary N) is 2. The molecule has 1 aromatic rings. The zero-order valence-electron chi connectivity index (χ0n) is 12.1. The van der Waals surface area contributed by atoms with Crippen molar-refractivity contribution < 1.29 is 17.9 Å². The summed E-state index contributed by atoms with van der Waals surface area (Å²) in [5, 5.41) is 0. The number of rotatable bonds is 3. The zero-order chi connectivity index (χ0) is 16.9. The Balaban J connectivity index is 1.98. The lowest BCUT2D eigenvalue weighted by atomic mass is 10.2. The molecule has 0 spiro atoms. The van der Waals surface area contributed by atoms with Crippen LogP contribution < -0.4 is 16.2 Å². The minimum absolute atomic E-state index is 0.0449. The van der Waals surface area contributed by atoms with Gasteiger partial charge in [-0.15, -0.1) is 13.2 Å². The molecule has 124 valence electrons. The first-order valence-electron chi connectivity index (χ1n) is 6.72. The van der Waals surface area contributed by atoms with E-state index in [1.807, 2.05) is 12.2 Å². The molecule has 9 heteroatoms. The van der Waals surface area contributed by atoms with Gasteiger partial charge in [-0.25, -0.2) is 4.99 Å². The van der Waals surface area contributed by atoms with Crippen LogP contribution in [0.3, 0.4) is 0 Å². The van der Waals surface area contributed by atoms with E-state index < -0.39 is 6.36 Å². The third kappa shape index (κ3) is 5.53. The number of hydrogen-bond acceptors (Lipinski definition) is 2. The molecule has 0 saturated carbocycles. The predicted molar refractivity (Wildman–Crippen MR) is 80.8 cm³/mol. The maximum atomic E-state index is 12.2. The molecule has 23 heavy (non-hydrogen) atoms. The van der Waals surface area contributed by atoms with E-state index in [0.717, 1.165) is 0 Å². The summed E-state index contributed by atoms with van der Waals surface area (Å²) in [6, 6.07) is 5.50. The van der Waals surface area contributed by atoms with Crippen LogP contribution in [0.25, 0.3) is 0 Å². The highest BCUT2D eigenvalue weighted by Gasteiger charge is 2.31. The second kappa shape index (κ2) is 7.03. The van der Waals surface area contributed by atoms with Gasteiger partial charge in [-0.3, -0.25) is 0 Å². The monoisotopic (exact) mass is 327 g/mol. The van der Waals surface area contributed by atoms with Crippen LogP contribution in [0.1, 0.15) is 5.56 Å². The van der Waals surface area contributed by atoms with Gasteiger partial charge in [-0.1, -0.05) is 24.3 Å². The molecule has 0 aromatic heterocycles. The fourth-order valence-electron chi connectivity index (χ4n) is 1.90. The van der Waals surface area contributed by atoms with Gasteiger partial charge in [0, 0.05) is 13.1 Å². The van der Waals surface area contributed by atoms with Gasteiger partial charge in [0.15, 0.2) is 5.96 Å². The first-order chi connectivity index (χ1) is 10.8. The Morgan fingerprint density at radius 3 is 2.57 bits per heavy atom. The Labute approximate surface area is 130 Å². The van der Waals surface area contributed by atoms with Gasteiger partial charge >= 0.3 is 6.36 Å². The van der Waals surface area contributed by atoms with Gasteiger partial charge in [0.2, 0.25) is 5.96 Å². The van der Waals surface area contributed by atoms with Crippen LogP contribution in [0.2, 0.25) is 0 Å². The summed E-state index contributed by atoms with van der Waals surface area (Å²) in [6.45, 7) is 1.37. The van der Waals surface area contributed by atoms with E-state index in [-0.39, 0.29) is 24.2 Å². The largest absolute Gasteiger partial charge is 0.573 e. The van der Waals surface area contributed by atoms with Crippen molar-refractivity contribution in [3.63, 3.8) is 0 Å². The second-order valence-corrected chi connectivity index (χ2v) is 4.72. The third-order valence-corrected chi connectivity index (χ3v) is 2.93. The molecule has 0 saturated heterocycles. The molecule has 0 radical (unpaired) electrons. The normalized spacial score (nSPS) is 16.0. The standard InChI is InChI=1S/C14H16F3N5O/c15-14(16,17)23-11-5-3-4-10(8-11)9-20-12(18)21-13(19)22-6-1-2-7-22/h1-5,8H,6-7,9H2,(H4,18,19,20,21). The van der Waals surface area contributed by atoms with Gasteiger partial charge < -0.3 is 21.1 Å². The van der Waals surface area contributed by atoms with E-state index in [2.05, 4.69) is 14.7 Å². The average Bonchev–Trinajstić information content (AvgIpc) is 2.98. The molecule has 0 unspecified atom stereocenters. The molecule has 0 amide bonds. The Morgan fingerprint density at radius 1 is 1.22 bits per heavy atom. The molecule has 1 aliphatic rings. The topological polar surface area (TPSA) is 89.2 Å². The molecule has 0 aliphatic carbocycles. The van der Waals surface area contributed by atoms with Gasteiger partial charge in [0.25, 0.3) is 0 Å². The fourth-order valence-corrected chi connectivity index (χ4v) is 1.90. The Kier molecular flexibility index (Phi) is 5.09. The summed E-state index contributed by atoms with van der Waals surface area (Å²) in [7, 11) is 0. The number of aliphatic imine (C=N–C) groups is 2. The molecular formula is C14H16F3N5O. The molecule has 1 aromatic carbocycles.